The summed E-state index contributed by atoms with van der Waals surface area (Å²) < 4.78 is 0. The van der Waals surface area contributed by atoms with Gasteiger partial charge in [-0.3, -0.25) is 9.89 Å². The highest BCUT2D eigenvalue weighted by atomic mass is 16.3. The first-order chi connectivity index (χ1) is 9.13. The fourth-order valence-electron chi connectivity index (χ4n) is 2.52. The Morgan fingerprint density at radius 3 is 2.95 bits per heavy atom. The van der Waals surface area contributed by atoms with Gasteiger partial charge in [-0.25, -0.2) is 0 Å². The van der Waals surface area contributed by atoms with Crippen LogP contribution in [0.15, 0.2) is 0 Å². The second-order valence-corrected chi connectivity index (χ2v) is 5.15. The van der Waals surface area contributed by atoms with Crippen LogP contribution in [0.25, 0.3) is 0 Å². The lowest BCUT2D eigenvalue weighted by Crippen LogP contribution is -2.45. The Hall–Kier alpha value is -1.56. The van der Waals surface area contributed by atoms with E-state index in [0.717, 1.165) is 44.2 Å². The number of anilines is 1. The molecule has 2 rings (SSSR count). The molecule has 0 bridgehead atoms. The van der Waals surface area contributed by atoms with Crippen molar-refractivity contribution in [3.8, 4) is 0 Å². The largest absolute Gasteiger partial charge is 0.395 e. The second kappa shape index (κ2) is 6.06. The van der Waals surface area contributed by atoms with Crippen molar-refractivity contribution in [2.45, 2.75) is 57.6 Å². The van der Waals surface area contributed by atoms with Crippen LogP contribution in [-0.4, -0.2) is 33.4 Å². The Balaban J connectivity index is 2.03. The van der Waals surface area contributed by atoms with Crippen molar-refractivity contribution in [3.05, 3.63) is 11.4 Å². The Morgan fingerprint density at radius 2 is 2.26 bits per heavy atom. The molecular weight excluding hydrogens is 244 g/mol. The second-order valence-electron chi connectivity index (χ2n) is 5.15. The van der Waals surface area contributed by atoms with Gasteiger partial charge < -0.3 is 16.2 Å². The maximum Gasteiger partial charge on any atom is 0.274 e. The lowest BCUT2D eigenvalue weighted by atomic mass is 9.92. The van der Waals surface area contributed by atoms with E-state index in [1.807, 2.05) is 6.92 Å². The predicted octanol–water partition coefficient (Wildman–Crippen LogP) is 0.978. The molecule has 0 radical (unpaired) electrons. The molecule has 5 N–H and O–H groups in total. The summed E-state index contributed by atoms with van der Waals surface area (Å²) in [5.41, 5.74) is 7.37. The first kappa shape index (κ1) is 13.9. The minimum absolute atomic E-state index is 0.188. The van der Waals surface area contributed by atoms with Crippen molar-refractivity contribution in [2.75, 3.05) is 5.73 Å². The van der Waals surface area contributed by atoms with Crippen molar-refractivity contribution in [1.82, 2.24) is 15.5 Å². The van der Waals surface area contributed by atoms with Gasteiger partial charge in [-0.1, -0.05) is 26.2 Å². The molecule has 1 aromatic rings. The average Bonchev–Trinajstić information content (AvgIpc) is 2.75. The number of hydrogen-bond acceptors (Lipinski definition) is 4. The molecule has 0 aromatic carbocycles. The highest BCUT2D eigenvalue weighted by Gasteiger charge is 2.26. The third-order valence-electron chi connectivity index (χ3n) is 3.64. The number of H-pyrrole nitrogens is 1. The number of aromatic nitrogens is 2. The first-order valence-electron chi connectivity index (χ1n) is 6.95. The summed E-state index contributed by atoms with van der Waals surface area (Å²) in [6.45, 7) is 2.04. The summed E-state index contributed by atoms with van der Waals surface area (Å²) in [7, 11) is 0. The van der Waals surface area contributed by atoms with E-state index < -0.39 is 6.10 Å². The molecule has 0 saturated heterocycles. The fraction of sp³-hybridized carbons (Fsp3) is 0.692. The minimum Gasteiger partial charge on any atom is -0.395 e. The molecule has 106 valence electrons. The number of hydrogen-bond donors (Lipinski definition) is 4. The van der Waals surface area contributed by atoms with Crippen LogP contribution >= 0.6 is 0 Å². The van der Waals surface area contributed by atoms with E-state index in [9.17, 15) is 9.90 Å². The van der Waals surface area contributed by atoms with Crippen molar-refractivity contribution >= 4 is 11.6 Å². The number of rotatable bonds is 4. The smallest absolute Gasteiger partial charge is 0.274 e. The van der Waals surface area contributed by atoms with E-state index in [0.29, 0.717) is 5.69 Å². The number of aryl methyl sites for hydroxylation is 1. The zero-order valence-corrected chi connectivity index (χ0v) is 11.3. The van der Waals surface area contributed by atoms with Crippen molar-refractivity contribution in [3.63, 3.8) is 0 Å². The summed E-state index contributed by atoms with van der Waals surface area (Å²) in [4.78, 5) is 12.1. The molecule has 1 aromatic heterocycles. The molecule has 0 unspecified atom stereocenters. The average molecular weight is 266 g/mol. The van der Waals surface area contributed by atoms with E-state index >= 15 is 0 Å². The van der Waals surface area contributed by atoms with E-state index in [1.54, 1.807) is 0 Å². The molecule has 1 fully saturated rings. The molecular formula is C13H22N4O2. The molecule has 1 aliphatic rings. The van der Waals surface area contributed by atoms with Gasteiger partial charge in [-0.2, -0.15) is 5.10 Å². The van der Waals surface area contributed by atoms with E-state index in [2.05, 4.69) is 15.5 Å². The molecule has 1 saturated carbocycles. The number of aliphatic hydroxyl groups excluding tert-OH is 1. The molecule has 6 heteroatoms. The van der Waals surface area contributed by atoms with Gasteiger partial charge in [0.25, 0.3) is 5.91 Å². The number of nitrogens with two attached hydrogens (primary N) is 1. The summed E-state index contributed by atoms with van der Waals surface area (Å²) in [5, 5.41) is 19.5. The van der Waals surface area contributed by atoms with Crippen LogP contribution in [0, 0.1) is 0 Å². The van der Waals surface area contributed by atoms with E-state index in [1.165, 1.54) is 0 Å². The number of carbonyl (C=O) groups is 1. The van der Waals surface area contributed by atoms with Crippen LogP contribution in [0.2, 0.25) is 0 Å². The van der Waals surface area contributed by atoms with Gasteiger partial charge >= 0.3 is 0 Å². The first-order valence-corrected chi connectivity index (χ1v) is 6.95. The number of nitrogen functional groups attached to an aromatic ring is 1. The molecule has 0 spiro atoms. The summed E-state index contributed by atoms with van der Waals surface area (Å²) in [5.74, 6) is -0.304. The Bertz CT molecular complexity index is 444. The summed E-state index contributed by atoms with van der Waals surface area (Å²) >= 11 is 0. The Labute approximate surface area is 112 Å². The van der Waals surface area contributed by atoms with Gasteiger partial charge in [0.1, 0.15) is 0 Å². The molecule has 1 heterocycles. The zero-order chi connectivity index (χ0) is 13.8. The number of nitrogens with one attached hydrogen (secondary N) is 2. The van der Waals surface area contributed by atoms with Gasteiger partial charge in [0.05, 0.1) is 23.5 Å². The highest BCUT2D eigenvalue weighted by molar-refractivity contribution is 5.97. The molecule has 0 aliphatic heterocycles. The third kappa shape index (κ3) is 3.07. The van der Waals surface area contributed by atoms with Crippen LogP contribution in [0.5, 0.6) is 0 Å². The number of carbonyl (C=O) groups excluding carboxylic acids is 1. The number of aromatic amines is 1. The summed E-state index contributed by atoms with van der Waals surface area (Å²) in [6.07, 6.45) is 4.83. The predicted molar refractivity (Wildman–Crippen MR) is 72.7 cm³/mol. The lowest BCUT2D eigenvalue weighted by molar-refractivity contribution is 0.0714. The van der Waals surface area contributed by atoms with E-state index in [4.69, 9.17) is 5.73 Å². The Kier molecular flexibility index (Phi) is 4.42. The lowest BCUT2D eigenvalue weighted by Gasteiger charge is -2.28. The number of amides is 1. The van der Waals surface area contributed by atoms with Crippen molar-refractivity contribution in [2.24, 2.45) is 0 Å². The van der Waals surface area contributed by atoms with Crippen molar-refractivity contribution in [1.29, 1.82) is 0 Å². The maximum absolute atomic E-state index is 12.1. The minimum atomic E-state index is -0.465. The number of aliphatic hydroxyl groups is 1. The maximum atomic E-state index is 12.1. The molecule has 1 aliphatic carbocycles. The molecule has 1 amide bonds. The topological polar surface area (TPSA) is 104 Å². The molecule has 2 atom stereocenters. The third-order valence-corrected chi connectivity index (χ3v) is 3.64. The van der Waals surface area contributed by atoms with Crippen molar-refractivity contribution < 1.29 is 9.90 Å². The highest BCUT2D eigenvalue weighted by Crippen LogP contribution is 2.20. The van der Waals surface area contributed by atoms with Gasteiger partial charge in [0.15, 0.2) is 5.69 Å². The quantitative estimate of drug-likeness (QED) is 0.652. The zero-order valence-electron chi connectivity index (χ0n) is 11.3. The molecule has 19 heavy (non-hydrogen) atoms. The van der Waals surface area contributed by atoms with Crippen LogP contribution in [0.4, 0.5) is 5.69 Å². The van der Waals surface area contributed by atoms with Crippen LogP contribution in [0.1, 0.15) is 55.2 Å². The Morgan fingerprint density at radius 1 is 1.53 bits per heavy atom. The van der Waals surface area contributed by atoms with Gasteiger partial charge in [0, 0.05) is 0 Å². The van der Waals surface area contributed by atoms with Gasteiger partial charge in [-0.05, 0) is 19.3 Å². The van der Waals surface area contributed by atoms with Crippen LogP contribution in [-0.2, 0) is 6.42 Å². The van der Waals surface area contributed by atoms with Crippen LogP contribution < -0.4 is 11.1 Å². The van der Waals surface area contributed by atoms with Crippen LogP contribution in [0.3, 0.4) is 0 Å². The number of nitrogens with zero attached hydrogens (tertiary/aromatic N) is 1. The fourth-order valence-corrected chi connectivity index (χ4v) is 2.52. The SMILES string of the molecule is CCCc1[nH]nc(C(=O)N[C@@H]2CCCC[C@H]2O)c1N. The summed E-state index contributed by atoms with van der Waals surface area (Å²) in [6, 6.07) is -0.188. The standard InChI is InChI=1S/C13H22N4O2/c1-2-5-9-11(14)12(17-16-9)13(19)15-8-6-3-4-7-10(8)18/h8,10,18H,2-7,14H2,1H3,(H,15,19)(H,16,17)/t8-,10-/m1/s1. The normalized spacial score (nSPS) is 23.3. The molecule has 6 nitrogen and oxygen atoms in total. The van der Waals surface area contributed by atoms with E-state index in [-0.39, 0.29) is 17.6 Å². The monoisotopic (exact) mass is 266 g/mol. The van der Waals surface area contributed by atoms with Gasteiger partial charge in [-0.15, -0.1) is 0 Å². The van der Waals surface area contributed by atoms with Gasteiger partial charge in [0.2, 0.25) is 0 Å².